The van der Waals surface area contributed by atoms with Crippen molar-refractivity contribution < 1.29 is 4.39 Å². The molecule has 21 heavy (non-hydrogen) atoms. The van der Waals surface area contributed by atoms with E-state index in [9.17, 15) is 4.39 Å². The summed E-state index contributed by atoms with van der Waals surface area (Å²) in [6.45, 7) is 2.80. The second-order valence-corrected chi connectivity index (χ2v) is 6.25. The van der Waals surface area contributed by atoms with E-state index < -0.39 is 0 Å². The molecule has 0 aliphatic carbocycles. The smallest absolute Gasteiger partial charge is 0.137 e. The van der Waals surface area contributed by atoms with E-state index in [1.54, 1.807) is 12.1 Å². The third-order valence-corrected chi connectivity index (χ3v) is 4.98. The molecule has 1 nitrogen and oxygen atoms in total. The van der Waals surface area contributed by atoms with E-state index in [0.29, 0.717) is 20.9 Å². The fourth-order valence-corrected chi connectivity index (χ4v) is 3.12. The Hall–Kier alpha value is -0.610. The average Bonchev–Trinajstić information content (AvgIpc) is 2.46. The van der Waals surface area contributed by atoms with Crippen molar-refractivity contribution in [2.45, 2.75) is 19.4 Å². The zero-order valence-corrected chi connectivity index (χ0v) is 14.6. The van der Waals surface area contributed by atoms with Gasteiger partial charge in [0.2, 0.25) is 0 Å². The first-order valence-corrected chi connectivity index (χ1v) is 8.19. The molecule has 2 aromatic carbocycles. The van der Waals surface area contributed by atoms with Gasteiger partial charge in [0.1, 0.15) is 5.82 Å². The van der Waals surface area contributed by atoms with Gasteiger partial charge >= 0.3 is 0 Å². The summed E-state index contributed by atoms with van der Waals surface area (Å²) in [6, 6.07) is 10.6. The van der Waals surface area contributed by atoms with Crippen molar-refractivity contribution in [3.8, 4) is 0 Å². The lowest BCUT2D eigenvalue weighted by atomic mass is 9.98. The first kappa shape index (κ1) is 16.8. The van der Waals surface area contributed by atoms with Crippen molar-refractivity contribution in [2.75, 3.05) is 6.54 Å². The van der Waals surface area contributed by atoms with Crippen LogP contribution in [0.15, 0.2) is 40.9 Å². The number of halogens is 4. The SMILES string of the molecule is CCNC(Cc1cccc(F)c1Br)c1cccc(Cl)c1Cl. The van der Waals surface area contributed by atoms with Gasteiger partial charge in [-0.25, -0.2) is 4.39 Å². The highest BCUT2D eigenvalue weighted by Crippen LogP contribution is 2.33. The van der Waals surface area contributed by atoms with Crippen LogP contribution in [0.25, 0.3) is 0 Å². The summed E-state index contributed by atoms with van der Waals surface area (Å²) in [5.74, 6) is -0.264. The van der Waals surface area contributed by atoms with Crippen molar-refractivity contribution >= 4 is 39.1 Å². The Kier molecular flexibility index (Phi) is 6.06. The van der Waals surface area contributed by atoms with Gasteiger partial charge in [-0.15, -0.1) is 0 Å². The molecule has 0 amide bonds. The van der Waals surface area contributed by atoms with Crippen LogP contribution in [0.2, 0.25) is 10.0 Å². The first-order chi connectivity index (χ1) is 10.0. The number of hydrogen-bond donors (Lipinski definition) is 1. The van der Waals surface area contributed by atoms with Gasteiger partial charge in [0.05, 0.1) is 14.5 Å². The van der Waals surface area contributed by atoms with Crippen LogP contribution in [0.1, 0.15) is 24.1 Å². The first-order valence-electron chi connectivity index (χ1n) is 6.64. The predicted octanol–water partition coefficient (Wildman–Crippen LogP) is 5.79. The molecule has 2 rings (SSSR count). The number of rotatable bonds is 5. The van der Waals surface area contributed by atoms with Gasteiger partial charge in [-0.1, -0.05) is 54.4 Å². The Labute approximate surface area is 142 Å². The molecule has 1 unspecified atom stereocenters. The molecular formula is C16H15BrCl2FN. The summed E-state index contributed by atoms with van der Waals surface area (Å²) >= 11 is 15.7. The van der Waals surface area contributed by atoms with E-state index in [4.69, 9.17) is 23.2 Å². The largest absolute Gasteiger partial charge is 0.310 e. The molecule has 0 bridgehead atoms. The topological polar surface area (TPSA) is 12.0 Å². The van der Waals surface area contributed by atoms with Crippen LogP contribution in [0.4, 0.5) is 4.39 Å². The molecule has 1 N–H and O–H groups in total. The van der Waals surface area contributed by atoms with Crippen LogP contribution in [-0.2, 0) is 6.42 Å². The molecule has 0 saturated heterocycles. The van der Waals surface area contributed by atoms with E-state index in [-0.39, 0.29) is 11.9 Å². The molecular weight excluding hydrogens is 376 g/mol. The zero-order valence-electron chi connectivity index (χ0n) is 11.5. The standard InChI is InChI=1S/C16H15BrCl2FN/c1-2-21-14(11-6-4-7-12(18)16(11)19)9-10-5-3-8-13(20)15(10)17/h3-8,14,21H,2,9H2,1H3. The van der Waals surface area contributed by atoms with Crippen molar-refractivity contribution in [1.29, 1.82) is 0 Å². The van der Waals surface area contributed by atoms with Gasteiger partial charge in [-0.2, -0.15) is 0 Å². The van der Waals surface area contributed by atoms with Crippen LogP contribution in [0, 0.1) is 5.82 Å². The molecule has 112 valence electrons. The summed E-state index contributed by atoms with van der Waals surface area (Å²) in [7, 11) is 0. The molecule has 0 saturated carbocycles. The van der Waals surface area contributed by atoms with Crippen LogP contribution in [0.5, 0.6) is 0 Å². The third-order valence-electron chi connectivity index (χ3n) is 3.26. The van der Waals surface area contributed by atoms with Crippen LogP contribution in [-0.4, -0.2) is 6.54 Å². The highest BCUT2D eigenvalue weighted by Gasteiger charge is 2.18. The zero-order chi connectivity index (χ0) is 15.4. The Balaban J connectivity index is 2.35. The molecule has 5 heteroatoms. The molecule has 0 spiro atoms. The maximum absolute atomic E-state index is 13.6. The summed E-state index contributed by atoms with van der Waals surface area (Å²) in [5, 5.41) is 4.44. The summed E-state index contributed by atoms with van der Waals surface area (Å²) in [5.41, 5.74) is 1.80. The second kappa shape index (κ2) is 7.59. The van der Waals surface area contributed by atoms with Gasteiger partial charge in [-0.3, -0.25) is 0 Å². The fraction of sp³-hybridized carbons (Fsp3) is 0.250. The van der Waals surface area contributed by atoms with Crippen LogP contribution < -0.4 is 5.32 Å². The minimum atomic E-state index is -0.264. The summed E-state index contributed by atoms with van der Waals surface area (Å²) < 4.78 is 14.1. The predicted molar refractivity (Wildman–Crippen MR) is 90.7 cm³/mol. The second-order valence-electron chi connectivity index (χ2n) is 4.67. The molecule has 0 fully saturated rings. The normalized spacial score (nSPS) is 12.4. The Bertz CT molecular complexity index is 634. The molecule has 0 aromatic heterocycles. The quantitative estimate of drug-likeness (QED) is 0.681. The van der Waals surface area contributed by atoms with E-state index in [1.165, 1.54) is 6.07 Å². The van der Waals surface area contributed by atoms with Gasteiger partial charge in [-0.05, 0) is 52.2 Å². The fourth-order valence-electron chi connectivity index (χ4n) is 2.25. The minimum Gasteiger partial charge on any atom is -0.310 e. The highest BCUT2D eigenvalue weighted by molar-refractivity contribution is 9.10. The van der Waals surface area contributed by atoms with Gasteiger partial charge in [0.25, 0.3) is 0 Å². The number of hydrogen-bond acceptors (Lipinski definition) is 1. The van der Waals surface area contributed by atoms with Crippen LogP contribution >= 0.6 is 39.1 Å². The van der Waals surface area contributed by atoms with Crippen molar-refractivity contribution in [2.24, 2.45) is 0 Å². The van der Waals surface area contributed by atoms with Gasteiger partial charge in [0.15, 0.2) is 0 Å². The van der Waals surface area contributed by atoms with E-state index in [1.807, 2.05) is 25.1 Å². The van der Waals surface area contributed by atoms with E-state index in [2.05, 4.69) is 21.2 Å². The van der Waals surface area contributed by atoms with Crippen molar-refractivity contribution in [3.05, 3.63) is 67.9 Å². The minimum absolute atomic E-state index is 0.0284. The van der Waals surface area contributed by atoms with Crippen molar-refractivity contribution in [1.82, 2.24) is 5.32 Å². The van der Waals surface area contributed by atoms with Crippen molar-refractivity contribution in [3.63, 3.8) is 0 Å². The molecule has 0 radical (unpaired) electrons. The number of benzene rings is 2. The molecule has 0 aliphatic rings. The summed E-state index contributed by atoms with van der Waals surface area (Å²) in [4.78, 5) is 0. The van der Waals surface area contributed by atoms with E-state index in [0.717, 1.165) is 17.7 Å². The third kappa shape index (κ3) is 3.98. The molecule has 2 aromatic rings. The molecule has 0 heterocycles. The number of likely N-dealkylation sites (N-methyl/N-ethyl adjacent to an activating group) is 1. The maximum atomic E-state index is 13.6. The van der Waals surface area contributed by atoms with Crippen LogP contribution in [0.3, 0.4) is 0 Å². The Morgan fingerprint density at radius 1 is 1.19 bits per heavy atom. The summed E-state index contributed by atoms with van der Waals surface area (Å²) in [6.07, 6.45) is 0.617. The lowest BCUT2D eigenvalue weighted by Crippen LogP contribution is -2.23. The maximum Gasteiger partial charge on any atom is 0.137 e. The Morgan fingerprint density at radius 2 is 1.90 bits per heavy atom. The lowest BCUT2D eigenvalue weighted by molar-refractivity contribution is 0.545. The Morgan fingerprint density at radius 3 is 2.62 bits per heavy atom. The monoisotopic (exact) mass is 389 g/mol. The van der Waals surface area contributed by atoms with Gasteiger partial charge in [0, 0.05) is 6.04 Å². The lowest BCUT2D eigenvalue weighted by Gasteiger charge is -2.21. The number of nitrogens with one attached hydrogen (secondary N) is 1. The molecule has 1 atom stereocenters. The van der Waals surface area contributed by atoms with E-state index >= 15 is 0 Å². The molecule has 0 aliphatic heterocycles. The average molecular weight is 391 g/mol. The highest BCUT2D eigenvalue weighted by atomic mass is 79.9. The van der Waals surface area contributed by atoms with Gasteiger partial charge < -0.3 is 5.32 Å².